The zero-order valence-corrected chi connectivity index (χ0v) is 20.4. The van der Waals surface area contributed by atoms with E-state index in [2.05, 4.69) is 5.32 Å². The van der Waals surface area contributed by atoms with E-state index in [0.717, 1.165) is 36.6 Å². The maximum absolute atomic E-state index is 14.7. The number of fused-ring (bicyclic) bond motifs is 1. The second kappa shape index (κ2) is 9.21. The van der Waals surface area contributed by atoms with E-state index in [-0.39, 0.29) is 30.5 Å². The molecule has 2 atom stereocenters. The molecule has 0 aromatic heterocycles. The molecule has 2 heterocycles. The zero-order chi connectivity index (χ0) is 25.6. The SMILES string of the molecule is CO[C@@](C(=O)N1CCC2(CC1)CC(=O)NC[C@H]2c1ccccc1)(c1ccc2c(c1)CCC2)C(F)(F)F. The van der Waals surface area contributed by atoms with Crippen LogP contribution >= 0.6 is 0 Å². The van der Waals surface area contributed by atoms with E-state index in [1.165, 1.54) is 17.0 Å². The van der Waals surface area contributed by atoms with Crippen molar-refractivity contribution in [3.63, 3.8) is 0 Å². The first kappa shape index (κ1) is 24.8. The Balaban J connectivity index is 1.44. The smallest absolute Gasteiger partial charge is 0.356 e. The molecule has 1 spiro atoms. The van der Waals surface area contributed by atoms with Crippen LogP contribution in [0.2, 0.25) is 0 Å². The number of alkyl halides is 3. The Morgan fingerprint density at radius 1 is 1.06 bits per heavy atom. The Labute approximate surface area is 209 Å². The van der Waals surface area contributed by atoms with E-state index in [1.54, 1.807) is 6.07 Å². The van der Waals surface area contributed by atoms with Crippen LogP contribution in [0.4, 0.5) is 13.2 Å². The average Bonchev–Trinajstić information content (AvgIpc) is 3.33. The summed E-state index contributed by atoms with van der Waals surface area (Å²) in [6.07, 6.45) is -1.31. The number of hydrogen-bond donors (Lipinski definition) is 1. The number of benzene rings is 2. The molecule has 2 aromatic rings. The molecular formula is C28H31F3N2O3. The van der Waals surface area contributed by atoms with Gasteiger partial charge in [0.2, 0.25) is 5.91 Å². The van der Waals surface area contributed by atoms with Crippen molar-refractivity contribution < 1.29 is 27.5 Å². The van der Waals surface area contributed by atoms with E-state index in [1.807, 2.05) is 30.3 Å². The first-order valence-corrected chi connectivity index (χ1v) is 12.6. The zero-order valence-electron chi connectivity index (χ0n) is 20.4. The molecule has 36 heavy (non-hydrogen) atoms. The molecule has 192 valence electrons. The fourth-order valence-electron chi connectivity index (χ4n) is 6.52. The minimum Gasteiger partial charge on any atom is -0.356 e. The molecule has 1 N–H and O–H groups in total. The van der Waals surface area contributed by atoms with Crippen molar-refractivity contribution in [3.8, 4) is 0 Å². The molecule has 5 rings (SSSR count). The van der Waals surface area contributed by atoms with E-state index in [0.29, 0.717) is 32.2 Å². The number of nitrogens with one attached hydrogen (secondary N) is 1. The summed E-state index contributed by atoms with van der Waals surface area (Å²) in [5.74, 6) is -1.09. The fraction of sp³-hybridized carbons (Fsp3) is 0.500. The van der Waals surface area contributed by atoms with Crippen LogP contribution in [-0.2, 0) is 32.8 Å². The molecule has 2 aliphatic heterocycles. The van der Waals surface area contributed by atoms with Crippen LogP contribution in [-0.4, -0.2) is 49.6 Å². The first-order valence-electron chi connectivity index (χ1n) is 12.6. The number of amides is 2. The van der Waals surface area contributed by atoms with Gasteiger partial charge in [0.15, 0.2) is 0 Å². The van der Waals surface area contributed by atoms with E-state index < -0.39 is 23.1 Å². The molecule has 0 radical (unpaired) electrons. The predicted molar refractivity (Wildman–Crippen MR) is 128 cm³/mol. The normalized spacial score (nSPS) is 23.2. The number of hydrogen-bond acceptors (Lipinski definition) is 3. The molecule has 3 aliphatic rings. The summed E-state index contributed by atoms with van der Waals surface area (Å²) in [4.78, 5) is 27.4. The van der Waals surface area contributed by atoms with Crippen LogP contribution in [0.3, 0.4) is 0 Å². The summed E-state index contributed by atoms with van der Waals surface area (Å²) in [7, 11) is 0.959. The number of likely N-dealkylation sites (tertiary alicyclic amines) is 1. The van der Waals surface area contributed by atoms with Crippen molar-refractivity contribution in [2.24, 2.45) is 5.41 Å². The molecule has 2 fully saturated rings. The third-order valence-electron chi connectivity index (χ3n) is 8.52. The van der Waals surface area contributed by atoms with Gasteiger partial charge in [-0.1, -0.05) is 48.5 Å². The monoisotopic (exact) mass is 500 g/mol. The number of nitrogens with zero attached hydrogens (tertiary/aromatic N) is 1. The molecule has 5 nitrogen and oxygen atoms in total. The minimum atomic E-state index is -4.93. The lowest BCUT2D eigenvalue weighted by atomic mass is 9.62. The molecule has 2 saturated heterocycles. The molecule has 0 bridgehead atoms. The Bertz CT molecular complexity index is 1140. The largest absolute Gasteiger partial charge is 0.430 e. The number of rotatable bonds is 4. The topological polar surface area (TPSA) is 58.6 Å². The van der Waals surface area contributed by atoms with Gasteiger partial charge in [-0.3, -0.25) is 9.59 Å². The Morgan fingerprint density at radius 2 is 1.75 bits per heavy atom. The summed E-state index contributed by atoms with van der Waals surface area (Å²) >= 11 is 0. The lowest BCUT2D eigenvalue weighted by Gasteiger charge is -2.50. The number of carbonyl (C=O) groups excluding carboxylic acids is 2. The average molecular weight is 501 g/mol. The molecule has 0 unspecified atom stereocenters. The Kier molecular flexibility index (Phi) is 6.35. The number of methoxy groups -OCH3 is 1. The molecule has 1 aliphatic carbocycles. The van der Waals surface area contributed by atoms with Crippen molar-refractivity contribution in [2.75, 3.05) is 26.7 Å². The summed E-state index contributed by atoms with van der Waals surface area (Å²) < 4.78 is 49.2. The van der Waals surface area contributed by atoms with Crippen molar-refractivity contribution >= 4 is 11.8 Å². The van der Waals surface area contributed by atoms with Gasteiger partial charge < -0.3 is 15.0 Å². The van der Waals surface area contributed by atoms with Crippen molar-refractivity contribution in [1.29, 1.82) is 0 Å². The predicted octanol–water partition coefficient (Wildman–Crippen LogP) is 4.49. The highest BCUT2D eigenvalue weighted by Gasteiger charge is 2.64. The summed E-state index contributed by atoms with van der Waals surface area (Å²) in [6, 6.07) is 14.5. The molecule has 8 heteroatoms. The quantitative estimate of drug-likeness (QED) is 0.673. The lowest BCUT2D eigenvalue weighted by molar-refractivity contribution is -0.271. The number of ether oxygens (including phenoxy) is 1. The number of piperidine rings is 2. The van der Waals surface area contributed by atoms with Gasteiger partial charge in [0.1, 0.15) is 0 Å². The van der Waals surface area contributed by atoms with Crippen LogP contribution in [0.5, 0.6) is 0 Å². The van der Waals surface area contributed by atoms with Crippen LogP contribution in [0, 0.1) is 5.41 Å². The van der Waals surface area contributed by atoms with Crippen LogP contribution in [0.15, 0.2) is 48.5 Å². The van der Waals surface area contributed by atoms with E-state index in [4.69, 9.17) is 4.74 Å². The standard InChI is InChI=1S/C28H31F3N2O3/c1-36-27(28(29,30)31,22-11-10-19-8-5-9-21(19)16-22)25(35)33-14-12-26(13-15-33)17-24(34)32-18-23(26)20-6-3-2-4-7-20/h2-4,6-7,10-11,16,23H,5,8-9,12-15,17-18H2,1H3,(H,32,34)/t23-,27+/m0/s1. The molecule has 2 amide bonds. The number of halogens is 3. The maximum atomic E-state index is 14.7. The number of aryl methyl sites for hydroxylation is 2. The summed E-state index contributed by atoms with van der Waals surface area (Å²) in [5, 5.41) is 2.94. The van der Waals surface area contributed by atoms with E-state index >= 15 is 0 Å². The molecular weight excluding hydrogens is 469 g/mol. The van der Waals surface area contributed by atoms with Gasteiger partial charge in [0.05, 0.1) is 0 Å². The second-order valence-corrected chi connectivity index (χ2v) is 10.3. The Morgan fingerprint density at radius 3 is 2.42 bits per heavy atom. The minimum absolute atomic E-state index is 0.0418. The third kappa shape index (κ3) is 3.99. The molecule has 0 saturated carbocycles. The van der Waals surface area contributed by atoms with Crippen LogP contribution in [0.1, 0.15) is 53.9 Å². The highest BCUT2D eigenvalue weighted by atomic mass is 19.4. The van der Waals surface area contributed by atoms with Gasteiger partial charge in [-0.2, -0.15) is 13.2 Å². The van der Waals surface area contributed by atoms with Gasteiger partial charge in [0, 0.05) is 44.6 Å². The maximum Gasteiger partial charge on any atom is 0.430 e. The van der Waals surface area contributed by atoms with Crippen LogP contribution in [0.25, 0.3) is 0 Å². The Hall–Kier alpha value is -2.87. The number of carbonyl (C=O) groups is 2. The van der Waals surface area contributed by atoms with Gasteiger partial charge in [-0.25, -0.2) is 0 Å². The summed E-state index contributed by atoms with van der Waals surface area (Å²) in [5.41, 5.74) is -0.650. The fourth-order valence-corrected chi connectivity index (χ4v) is 6.52. The first-order chi connectivity index (χ1) is 17.2. The van der Waals surface area contributed by atoms with Crippen molar-refractivity contribution in [2.45, 2.75) is 56.2 Å². The van der Waals surface area contributed by atoms with Gasteiger partial charge in [-0.15, -0.1) is 0 Å². The second-order valence-electron chi connectivity index (χ2n) is 10.3. The van der Waals surface area contributed by atoms with Crippen molar-refractivity contribution in [3.05, 3.63) is 70.8 Å². The summed E-state index contributed by atoms with van der Waals surface area (Å²) in [6.45, 7) is 0.764. The van der Waals surface area contributed by atoms with Gasteiger partial charge >= 0.3 is 6.18 Å². The highest BCUT2D eigenvalue weighted by Crippen LogP contribution is 2.50. The highest BCUT2D eigenvalue weighted by molar-refractivity contribution is 5.88. The lowest BCUT2D eigenvalue weighted by Crippen LogP contribution is -2.60. The molecule has 2 aromatic carbocycles. The van der Waals surface area contributed by atoms with E-state index in [9.17, 15) is 22.8 Å². The van der Waals surface area contributed by atoms with Crippen LogP contribution < -0.4 is 5.32 Å². The van der Waals surface area contributed by atoms with Gasteiger partial charge in [0.25, 0.3) is 11.5 Å². The van der Waals surface area contributed by atoms with Gasteiger partial charge in [-0.05, 0) is 54.2 Å². The third-order valence-corrected chi connectivity index (χ3v) is 8.52. The van der Waals surface area contributed by atoms with Crippen molar-refractivity contribution in [1.82, 2.24) is 10.2 Å².